The summed E-state index contributed by atoms with van der Waals surface area (Å²) in [5, 5.41) is 9.41. The van der Waals surface area contributed by atoms with Crippen molar-refractivity contribution in [3.63, 3.8) is 0 Å². The van der Waals surface area contributed by atoms with Crippen LogP contribution in [0.4, 0.5) is 18.9 Å². The maximum atomic E-state index is 12.6. The molecule has 3 rings (SSSR count). The van der Waals surface area contributed by atoms with Crippen molar-refractivity contribution in [3.8, 4) is 16.9 Å². The van der Waals surface area contributed by atoms with E-state index in [1.807, 2.05) is 31.2 Å². The van der Waals surface area contributed by atoms with Gasteiger partial charge in [-0.15, -0.1) is 13.2 Å². The molecule has 8 heteroatoms. The lowest BCUT2D eigenvalue weighted by molar-refractivity contribution is -0.274. The SMILES string of the molecule is Cc1ccc(N(Cc2ccc(C(C)(C)C)cc2)C(=O)C(=O)O)cc1-c1ccc(OC(F)(F)F)cc1. The summed E-state index contributed by atoms with van der Waals surface area (Å²) in [6.45, 7) is 8.10. The molecule has 0 atom stereocenters. The Balaban J connectivity index is 1.95. The van der Waals surface area contributed by atoms with Gasteiger partial charge in [0.1, 0.15) is 5.75 Å². The van der Waals surface area contributed by atoms with Gasteiger partial charge in [-0.25, -0.2) is 4.79 Å². The molecule has 1 amide bonds. The van der Waals surface area contributed by atoms with E-state index in [1.54, 1.807) is 18.2 Å². The van der Waals surface area contributed by atoms with Crippen LogP contribution in [0.2, 0.25) is 0 Å². The molecule has 0 fully saturated rings. The van der Waals surface area contributed by atoms with E-state index in [0.29, 0.717) is 16.8 Å². The Hall–Kier alpha value is -3.81. The molecule has 0 aliphatic rings. The number of benzene rings is 3. The highest BCUT2D eigenvalue weighted by Gasteiger charge is 2.31. The van der Waals surface area contributed by atoms with Crippen molar-refractivity contribution in [2.75, 3.05) is 4.90 Å². The Kier molecular flexibility index (Phi) is 7.24. The number of hydrogen-bond donors (Lipinski definition) is 1. The van der Waals surface area contributed by atoms with Gasteiger partial charge in [0.15, 0.2) is 0 Å². The highest BCUT2D eigenvalue weighted by Crippen LogP contribution is 2.32. The Morgan fingerprint density at radius 3 is 2.03 bits per heavy atom. The summed E-state index contributed by atoms with van der Waals surface area (Å²) in [5.41, 5.74) is 4.20. The van der Waals surface area contributed by atoms with Gasteiger partial charge in [0.2, 0.25) is 0 Å². The van der Waals surface area contributed by atoms with E-state index in [4.69, 9.17) is 0 Å². The first-order valence-electron chi connectivity index (χ1n) is 10.9. The summed E-state index contributed by atoms with van der Waals surface area (Å²) in [6.07, 6.45) is -4.79. The molecule has 184 valence electrons. The van der Waals surface area contributed by atoms with Crippen LogP contribution in [0.25, 0.3) is 11.1 Å². The minimum Gasteiger partial charge on any atom is -0.474 e. The number of hydrogen-bond acceptors (Lipinski definition) is 3. The van der Waals surface area contributed by atoms with E-state index in [1.165, 1.54) is 29.2 Å². The zero-order chi connectivity index (χ0) is 26.0. The van der Waals surface area contributed by atoms with E-state index < -0.39 is 18.2 Å². The van der Waals surface area contributed by atoms with Crippen molar-refractivity contribution in [2.45, 2.75) is 46.0 Å². The van der Waals surface area contributed by atoms with Crippen molar-refractivity contribution in [3.05, 3.63) is 83.4 Å². The second kappa shape index (κ2) is 9.82. The van der Waals surface area contributed by atoms with Crippen LogP contribution < -0.4 is 9.64 Å². The molecule has 0 aromatic heterocycles. The van der Waals surface area contributed by atoms with Crippen molar-refractivity contribution < 1.29 is 32.6 Å². The first kappa shape index (κ1) is 25.8. The van der Waals surface area contributed by atoms with Crippen molar-refractivity contribution in [1.82, 2.24) is 0 Å². The molecule has 1 N–H and O–H groups in total. The number of carboxylic acids is 1. The molecule has 0 heterocycles. The topological polar surface area (TPSA) is 66.8 Å². The van der Waals surface area contributed by atoms with Gasteiger partial charge < -0.3 is 9.84 Å². The summed E-state index contributed by atoms with van der Waals surface area (Å²) >= 11 is 0. The molecule has 0 bridgehead atoms. The third kappa shape index (κ3) is 6.62. The average molecular weight is 486 g/mol. The quantitative estimate of drug-likeness (QED) is 0.420. The van der Waals surface area contributed by atoms with Crippen molar-refractivity contribution in [2.24, 2.45) is 0 Å². The number of carbonyl (C=O) groups is 2. The molecule has 0 saturated carbocycles. The number of anilines is 1. The summed E-state index contributed by atoms with van der Waals surface area (Å²) < 4.78 is 41.3. The number of carboxylic acid groups (broad SMARTS) is 1. The second-order valence-corrected chi connectivity index (χ2v) is 9.21. The molecule has 0 radical (unpaired) electrons. The third-order valence-corrected chi connectivity index (χ3v) is 5.52. The number of rotatable bonds is 5. The molecule has 0 unspecified atom stereocenters. The Morgan fingerprint density at radius 1 is 0.914 bits per heavy atom. The maximum absolute atomic E-state index is 12.6. The minimum absolute atomic E-state index is 0.0381. The second-order valence-electron chi connectivity index (χ2n) is 9.21. The molecule has 0 spiro atoms. The molecule has 0 saturated heterocycles. The van der Waals surface area contributed by atoms with Crippen LogP contribution in [-0.2, 0) is 21.5 Å². The number of amides is 1. The van der Waals surface area contributed by atoms with Crippen LogP contribution >= 0.6 is 0 Å². The summed E-state index contributed by atoms with van der Waals surface area (Å²) in [6, 6.07) is 18.0. The van der Waals surface area contributed by atoms with Crippen LogP contribution in [0.1, 0.15) is 37.5 Å². The van der Waals surface area contributed by atoms with Gasteiger partial charge in [0, 0.05) is 5.69 Å². The Labute approximate surface area is 201 Å². The summed E-state index contributed by atoms with van der Waals surface area (Å²) in [5.74, 6) is -3.03. The Bertz CT molecular complexity index is 1210. The van der Waals surface area contributed by atoms with Gasteiger partial charge in [-0.3, -0.25) is 9.69 Å². The zero-order valence-electron chi connectivity index (χ0n) is 19.8. The molecular weight excluding hydrogens is 459 g/mol. The van der Waals surface area contributed by atoms with E-state index in [-0.39, 0.29) is 17.7 Å². The highest BCUT2D eigenvalue weighted by atomic mass is 19.4. The lowest BCUT2D eigenvalue weighted by Crippen LogP contribution is -2.36. The van der Waals surface area contributed by atoms with Gasteiger partial charge in [-0.1, -0.05) is 63.2 Å². The summed E-state index contributed by atoms with van der Waals surface area (Å²) in [4.78, 5) is 25.3. The third-order valence-electron chi connectivity index (χ3n) is 5.52. The number of nitrogens with zero attached hydrogens (tertiary/aromatic N) is 1. The summed E-state index contributed by atoms with van der Waals surface area (Å²) in [7, 11) is 0. The van der Waals surface area contributed by atoms with Gasteiger partial charge in [-0.05, 0) is 64.4 Å². The monoisotopic (exact) mass is 485 g/mol. The average Bonchev–Trinajstić information content (AvgIpc) is 2.77. The normalized spacial score (nSPS) is 11.7. The number of aryl methyl sites for hydroxylation is 1. The minimum atomic E-state index is -4.79. The van der Waals surface area contributed by atoms with Crippen LogP contribution in [-0.4, -0.2) is 23.3 Å². The molecule has 0 aliphatic carbocycles. The predicted octanol–water partition coefficient (Wildman–Crippen LogP) is 6.48. The fourth-order valence-corrected chi connectivity index (χ4v) is 3.61. The van der Waals surface area contributed by atoms with E-state index in [0.717, 1.165) is 16.7 Å². The number of ether oxygens (including phenoxy) is 1. The lowest BCUT2D eigenvalue weighted by Gasteiger charge is -2.24. The highest BCUT2D eigenvalue weighted by molar-refractivity contribution is 6.37. The fourth-order valence-electron chi connectivity index (χ4n) is 3.61. The smallest absolute Gasteiger partial charge is 0.474 e. The van der Waals surface area contributed by atoms with Gasteiger partial charge in [0.25, 0.3) is 0 Å². The first-order valence-corrected chi connectivity index (χ1v) is 10.9. The molecular formula is C27H26F3NO4. The van der Waals surface area contributed by atoms with Gasteiger partial charge in [0.05, 0.1) is 6.54 Å². The van der Waals surface area contributed by atoms with Crippen molar-refractivity contribution >= 4 is 17.6 Å². The number of halogens is 3. The largest absolute Gasteiger partial charge is 0.573 e. The Morgan fingerprint density at radius 2 is 1.51 bits per heavy atom. The molecule has 0 aliphatic heterocycles. The van der Waals surface area contributed by atoms with Crippen LogP contribution in [0.15, 0.2) is 66.7 Å². The zero-order valence-corrected chi connectivity index (χ0v) is 19.8. The number of carbonyl (C=O) groups excluding carboxylic acids is 1. The fraction of sp³-hybridized carbons (Fsp3) is 0.259. The van der Waals surface area contributed by atoms with Crippen LogP contribution in [0, 0.1) is 6.92 Å². The van der Waals surface area contributed by atoms with E-state index in [2.05, 4.69) is 25.5 Å². The van der Waals surface area contributed by atoms with E-state index >= 15 is 0 Å². The van der Waals surface area contributed by atoms with E-state index in [9.17, 15) is 27.9 Å². The van der Waals surface area contributed by atoms with Crippen LogP contribution in [0.5, 0.6) is 5.75 Å². The lowest BCUT2D eigenvalue weighted by atomic mass is 9.87. The first-order chi connectivity index (χ1) is 16.2. The molecule has 3 aromatic rings. The van der Waals surface area contributed by atoms with Gasteiger partial charge in [-0.2, -0.15) is 0 Å². The molecule has 5 nitrogen and oxygen atoms in total. The maximum Gasteiger partial charge on any atom is 0.573 e. The number of alkyl halides is 3. The molecule has 35 heavy (non-hydrogen) atoms. The van der Waals surface area contributed by atoms with Crippen LogP contribution in [0.3, 0.4) is 0 Å². The predicted molar refractivity (Wildman–Crippen MR) is 127 cm³/mol. The molecule has 3 aromatic carbocycles. The van der Waals surface area contributed by atoms with Crippen molar-refractivity contribution in [1.29, 1.82) is 0 Å². The van der Waals surface area contributed by atoms with Gasteiger partial charge >= 0.3 is 18.2 Å². The number of aliphatic carboxylic acids is 1. The standard InChI is InChI=1S/C27H26F3NO4/c1-17-5-12-21(15-23(17)19-8-13-22(14-9-19)35-27(28,29)30)31(24(32)25(33)34)16-18-6-10-20(11-7-18)26(2,3)4/h5-15H,16H2,1-4H3,(H,33,34).